The maximum Gasteiger partial charge on any atom is 0.217 e. The number of ether oxygens (including phenoxy) is 1. The van der Waals surface area contributed by atoms with Gasteiger partial charge in [0.1, 0.15) is 11.4 Å². The van der Waals surface area contributed by atoms with Gasteiger partial charge in [-0.25, -0.2) is 4.98 Å². The van der Waals surface area contributed by atoms with Crippen LogP contribution in [0.25, 0.3) is 0 Å². The molecule has 0 saturated carbocycles. The van der Waals surface area contributed by atoms with Crippen LogP contribution in [0.4, 0.5) is 4.39 Å². The number of methoxy groups -OCH3 is 1. The first kappa shape index (κ1) is 7.55. The van der Waals surface area contributed by atoms with E-state index in [1.165, 1.54) is 19.2 Å². The second-order valence-electron chi connectivity index (χ2n) is 1.86. The molecule has 0 atom stereocenters. The van der Waals surface area contributed by atoms with E-state index in [1.54, 1.807) is 0 Å². The average Bonchev–Trinajstić information content (AvgIpc) is 2.03. The van der Waals surface area contributed by atoms with Crippen LogP contribution in [0, 0.1) is 18.3 Å². The Balaban J connectivity index is 3.15. The first-order valence-electron chi connectivity index (χ1n) is 2.94. The number of hydrogen-bond acceptors (Lipinski definition) is 2. The summed E-state index contributed by atoms with van der Waals surface area (Å²) in [6.07, 6.45) is 5.01. The van der Waals surface area contributed by atoms with Crippen LogP contribution < -0.4 is 4.74 Å². The number of halogens is 1. The van der Waals surface area contributed by atoms with Gasteiger partial charge >= 0.3 is 0 Å². The van der Waals surface area contributed by atoms with E-state index in [9.17, 15) is 4.39 Å². The smallest absolute Gasteiger partial charge is 0.217 e. The summed E-state index contributed by atoms with van der Waals surface area (Å²) >= 11 is 0. The Morgan fingerprint density at radius 1 is 1.64 bits per heavy atom. The fourth-order valence-corrected chi connectivity index (χ4v) is 0.665. The summed E-state index contributed by atoms with van der Waals surface area (Å²) in [5.74, 6) is 1.96. The summed E-state index contributed by atoms with van der Waals surface area (Å²) in [5.41, 5.74) is 0.238. The van der Waals surface area contributed by atoms with Crippen molar-refractivity contribution in [2.24, 2.45) is 0 Å². The number of aromatic nitrogens is 1. The molecule has 1 heterocycles. The van der Waals surface area contributed by atoms with Crippen LogP contribution in [0.15, 0.2) is 12.1 Å². The summed E-state index contributed by atoms with van der Waals surface area (Å²) in [7, 11) is 1.44. The Labute approximate surface area is 64.0 Å². The molecular weight excluding hydrogens is 145 g/mol. The molecule has 2 nitrogen and oxygen atoms in total. The Morgan fingerprint density at radius 3 is 2.91 bits per heavy atom. The van der Waals surface area contributed by atoms with Crippen LogP contribution in [-0.2, 0) is 0 Å². The standard InChI is InChI=1S/C8H6FNO/c1-3-6-4-7(11-2)5-8(9)10-6/h1,4-5H,2H3. The summed E-state index contributed by atoms with van der Waals surface area (Å²) in [4.78, 5) is 3.42. The van der Waals surface area contributed by atoms with Crippen LogP contribution in [-0.4, -0.2) is 12.1 Å². The minimum atomic E-state index is -0.627. The fraction of sp³-hybridized carbons (Fsp3) is 0.125. The lowest BCUT2D eigenvalue weighted by Gasteiger charge is -1.98. The van der Waals surface area contributed by atoms with E-state index in [4.69, 9.17) is 11.2 Å². The largest absolute Gasteiger partial charge is 0.496 e. The molecule has 0 saturated heterocycles. The van der Waals surface area contributed by atoms with Crippen molar-refractivity contribution in [3.05, 3.63) is 23.8 Å². The lowest BCUT2D eigenvalue weighted by atomic mass is 10.3. The molecule has 56 valence electrons. The molecular formula is C8H6FNO. The highest BCUT2D eigenvalue weighted by Gasteiger charge is 1.98. The molecule has 0 aliphatic carbocycles. The van der Waals surface area contributed by atoms with Crippen LogP contribution in [0.1, 0.15) is 5.69 Å². The SMILES string of the molecule is C#Cc1cc(OC)cc(F)n1. The number of terminal acetylenes is 1. The minimum Gasteiger partial charge on any atom is -0.496 e. The van der Waals surface area contributed by atoms with Crippen molar-refractivity contribution < 1.29 is 9.13 Å². The molecule has 1 aromatic heterocycles. The second-order valence-corrected chi connectivity index (χ2v) is 1.86. The molecule has 0 aliphatic heterocycles. The third-order valence-electron chi connectivity index (χ3n) is 1.15. The quantitative estimate of drug-likeness (QED) is 0.444. The summed E-state index contributed by atoms with van der Waals surface area (Å²) in [5, 5.41) is 0. The van der Waals surface area contributed by atoms with Gasteiger partial charge in [-0.15, -0.1) is 6.42 Å². The average molecular weight is 151 g/mol. The van der Waals surface area contributed by atoms with E-state index in [2.05, 4.69) is 10.9 Å². The monoisotopic (exact) mass is 151 g/mol. The Hall–Kier alpha value is -1.56. The van der Waals surface area contributed by atoms with Crippen molar-refractivity contribution in [3.8, 4) is 18.1 Å². The summed E-state index contributed by atoms with van der Waals surface area (Å²) in [6.45, 7) is 0. The zero-order chi connectivity index (χ0) is 8.27. The van der Waals surface area contributed by atoms with Gasteiger partial charge in [0.2, 0.25) is 5.95 Å². The highest BCUT2D eigenvalue weighted by atomic mass is 19.1. The maximum atomic E-state index is 12.5. The number of pyridine rings is 1. The zero-order valence-corrected chi connectivity index (χ0v) is 5.97. The van der Waals surface area contributed by atoms with E-state index in [1.807, 2.05) is 0 Å². The van der Waals surface area contributed by atoms with Crippen molar-refractivity contribution in [2.45, 2.75) is 0 Å². The van der Waals surface area contributed by atoms with E-state index in [0.29, 0.717) is 5.75 Å². The van der Waals surface area contributed by atoms with E-state index in [0.717, 1.165) is 0 Å². The molecule has 0 aromatic carbocycles. The highest BCUT2D eigenvalue weighted by molar-refractivity contribution is 5.32. The van der Waals surface area contributed by atoms with Crippen molar-refractivity contribution in [1.82, 2.24) is 4.98 Å². The number of nitrogens with zero attached hydrogens (tertiary/aromatic N) is 1. The van der Waals surface area contributed by atoms with Crippen LogP contribution in [0.5, 0.6) is 5.75 Å². The fourth-order valence-electron chi connectivity index (χ4n) is 0.665. The van der Waals surface area contributed by atoms with Gasteiger partial charge in [-0.3, -0.25) is 0 Å². The Bertz CT molecular complexity index is 303. The number of hydrogen-bond donors (Lipinski definition) is 0. The van der Waals surface area contributed by atoms with Gasteiger partial charge in [0.05, 0.1) is 7.11 Å². The maximum absolute atomic E-state index is 12.5. The predicted molar refractivity (Wildman–Crippen MR) is 38.7 cm³/mol. The molecule has 0 fully saturated rings. The molecule has 1 aromatic rings. The third-order valence-corrected chi connectivity index (χ3v) is 1.15. The van der Waals surface area contributed by atoms with Gasteiger partial charge < -0.3 is 4.74 Å². The van der Waals surface area contributed by atoms with Crippen LogP contribution in [0.3, 0.4) is 0 Å². The normalized spacial score (nSPS) is 8.82. The Morgan fingerprint density at radius 2 is 2.36 bits per heavy atom. The van der Waals surface area contributed by atoms with Gasteiger partial charge in [0, 0.05) is 12.1 Å². The molecule has 0 amide bonds. The predicted octanol–water partition coefficient (Wildman–Crippen LogP) is 1.21. The van der Waals surface area contributed by atoms with Crippen molar-refractivity contribution in [1.29, 1.82) is 0 Å². The minimum absolute atomic E-state index is 0.238. The van der Waals surface area contributed by atoms with Gasteiger partial charge in [-0.05, 0) is 0 Å². The van der Waals surface area contributed by atoms with Crippen molar-refractivity contribution in [2.75, 3.05) is 7.11 Å². The molecule has 0 N–H and O–H groups in total. The topological polar surface area (TPSA) is 22.1 Å². The zero-order valence-electron chi connectivity index (χ0n) is 5.97. The molecule has 0 radical (unpaired) electrons. The first-order chi connectivity index (χ1) is 5.26. The first-order valence-corrected chi connectivity index (χ1v) is 2.94. The molecule has 0 bridgehead atoms. The lowest BCUT2D eigenvalue weighted by Crippen LogP contribution is -1.90. The molecule has 3 heteroatoms. The molecule has 11 heavy (non-hydrogen) atoms. The third kappa shape index (κ3) is 1.68. The highest BCUT2D eigenvalue weighted by Crippen LogP contribution is 2.11. The molecule has 0 aliphatic rings. The van der Waals surface area contributed by atoms with E-state index < -0.39 is 5.95 Å². The van der Waals surface area contributed by atoms with Gasteiger partial charge in [0.15, 0.2) is 0 Å². The van der Waals surface area contributed by atoms with E-state index >= 15 is 0 Å². The van der Waals surface area contributed by atoms with E-state index in [-0.39, 0.29) is 5.69 Å². The van der Waals surface area contributed by atoms with Crippen LogP contribution >= 0.6 is 0 Å². The van der Waals surface area contributed by atoms with Crippen LogP contribution in [0.2, 0.25) is 0 Å². The van der Waals surface area contributed by atoms with Gasteiger partial charge in [0.25, 0.3) is 0 Å². The lowest BCUT2D eigenvalue weighted by molar-refractivity contribution is 0.408. The number of rotatable bonds is 1. The molecule has 1 rings (SSSR count). The molecule has 0 spiro atoms. The molecule has 0 unspecified atom stereocenters. The summed E-state index contributed by atoms with van der Waals surface area (Å²) < 4.78 is 17.3. The van der Waals surface area contributed by atoms with Gasteiger partial charge in [-0.1, -0.05) is 5.92 Å². The summed E-state index contributed by atoms with van der Waals surface area (Å²) in [6, 6.07) is 2.66. The van der Waals surface area contributed by atoms with Crippen molar-refractivity contribution >= 4 is 0 Å². The van der Waals surface area contributed by atoms with Gasteiger partial charge in [-0.2, -0.15) is 4.39 Å². The Kier molecular flexibility index (Phi) is 2.07. The second kappa shape index (κ2) is 3.02. The van der Waals surface area contributed by atoms with Crippen molar-refractivity contribution in [3.63, 3.8) is 0 Å².